The number of aliphatic hydroxyl groups excluding tert-OH is 1. The van der Waals surface area contributed by atoms with Gasteiger partial charge in [-0.3, -0.25) is 19.3 Å². The van der Waals surface area contributed by atoms with E-state index in [0.29, 0.717) is 17.4 Å². The van der Waals surface area contributed by atoms with Gasteiger partial charge in [0, 0.05) is 6.07 Å². The molecule has 198 valence electrons. The van der Waals surface area contributed by atoms with E-state index in [-0.39, 0.29) is 17.9 Å². The van der Waals surface area contributed by atoms with Crippen molar-refractivity contribution in [3.05, 3.63) is 107 Å². The Balaban J connectivity index is 1.75. The maximum atomic E-state index is 13.8. The lowest BCUT2D eigenvalue weighted by Crippen LogP contribution is -2.56. The van der Waals surface area contributed by atoms with Crippen LogP contribution in [0.5, 0.6) is 0 Å². The van der Waals surface area contributed by atoms with Gasteiger partial charge < -0.3 is 16.2 Å². The van der Waals surface area contributed by atoms with Crippen LogP contribution in [0.15, 0.2) is 78.9 Å². The number of hydrogen-bond donors (Lipinski definition) is 3. The fraction of sp³-hybridized carbons (Fsp3) is 0.276. The number of carbonyl (C=O) groups excluding carboxylic acids is 3. The Morgan fingerprint density at radius 2 is 1.47 bits per heavy atom. The van der Waals surface area contributed by atoms with Gasteiger partial charge >= 0.3 is 0 Å². The van der Waals surface area contributed by atoms with Crippen LogP contribution in [0, 0.1) is 11.6 Å². The summed E-state index contributed by atoms with van der Waals surface area (Å²) in [6.45, 7) is 1.35. The van der Waals surface area contributed by atoms with Gasteiger partial charge in [-0.2, -0.15) is 0 Å². The van der Waals surface area contributed by atoms with Crippen molar-refractivity contribution < 1.29 is 28.3 Å². The third-order valence-electron chi connectivity index (χ3n) is 6.73. The van der Waals surface area contributed by atoms with E-state index in [2.05, 4.69) is 5.32 Å². The van der Waals surface area contributed by atoms with Gasteiger partial charge in [0.1, 0.15) is 17.7 Å². The monoisotopic (exact) mass is 521 g/mol. The largest absolute Gasteiger partial charge is 0.378 e. The molecule has 1 heterocycles. The van der Waals surface area contributed by atoms with Gasteiger partial charge in [-0.15, -0.1) is 0 Å². The molecule has 0 aromatic heterocycles. The molecular weight excluding hydrogens is 492 g/mol. The standard InChI is InChI=1S/C29H29F2N3O4/c1-17(32)28(37)34(29(38)26(35)21-12-22(30)16-23(31)13-21)25-15-20(18-8-4-2-5-9-18)14-24(33-27(25)36)19-10-6-3-7-11-19/h2-13,16-17,20,24-26,35H,14-15,32H2,1H3,(H,33,36)/t17-,20-,24-,25-,26+/m0/s1. The van der Waals surface area contributed by atoms with E-state index in [1.54, 1.807) is 0 Å². The number of nitrogens with one attached hydrogen (secondary N) is 1. The van der Waals surface area contributed by atoms with Crippen molar-refractivity contribution in [2.45, 2.75) is 49.9 Å². The SMILES string of the molecule is C[C@H](N)C(=O)N(C(=O)[C@H](O)c1cc(F)cc(F)c1)[C@H]1C[C@@H](c2ccccc2)C[C@@H](c2ccccc2)NC1=O. The van der Waals surface area contributed by atoms with E-state index in [0.717, 1.165) is 23.3 Å². The van der Waals surface area contributed by atoms with Gasteiger partial charge in [-0.05, 0) is 54.5 Å². The van der Waals surface area contributed by atoms with E-state index in [9.17, 15) is 28.3 Å². The molecule has 3 aromatic rings. The number of benzene rings is 3. The van der Waals surface area contributed by atoms with Crippen LogP contribution >= 0.6 is 0 Å². The molecule has 38 heavy (non-hydrogen) atoms. The number of aliphatic hydroxyl groups is 1. The summed E-state index contributed by atoms with van der Waals surface area (Å²) in [5.41, 5.74) is 7.22. The topological polar surface area (TPSA) is 113 Å². The predicted octanol–water partition coefficient (Wildman–Crippen LogP) is 3.50. The first-order chi connectivity index (χ1) is 18.2. The van der Waals surface area contributed by atoms with Gasteiger partial charge in [0.25, 0.3) is 5.91 Å². The molecule has 0 bridgehead atoms. The molecule has 4 rings (SSSR count). The summed E-state index contributed by atoms with van der Waals surface area (Å²) in [6.07, 6.45) is -1.55. The summed E-state index contributed by atoms with van der Waals surface area (Å²) in [5.74, 6) is -4.95. The van der Waals surface area contributed by atoms with Crippen molar-refractivity contribution in [2.24, 2.45) is 5.73 Å². The summed E-state index contributed by atoms with van der Waals surface area (Å²) in [4.78, 5) is 41.1. The van der Waals surface area contributed by atoms with Crippen LogP contribution < -0.4 is 11.1 Å². The van der Waals surface area contributed by atoms with Crippen LogP contribution in [0.1, 0.15) is 54.5 Å². The molecule has 0 unspecified atom stereocenters. The second-order valence-corrected chi connectivity index (χ2v) is 9.51. The minimum atomic E-state index is -2.10. The molecule has 3 aromatic carbocycles. The maximum absolute atomic E-state index is 13.8. The molecule has 9 heteroatoms. The zero-order valence-corrected chi connectivity index (χ0v) is 20.8. The highest BCUT2D eigenvalue weighted by molar-refractivity contribution is 6.04. The molecule has 0 spiro atoms. The number of nitrogens with zero attached hydrogens (tertiary/aromatic N) is 1. The first kappa shape index (κ1) is 27.1. The van der Waals surface area contributed by atoms with Gasteiger partial charge in [0.15, 0.2) is 6.10 Å². The van der Waals surface area contributed by atoms with Gasteiger partial charge in [0.05, 0.1) is 12.1 Å². The third kappa shape index (κ3) is 5.95. The fourth-order valence-electron chi connectivity index (χ4n) is 4.85. The Bertz CT molecular complexity index is 1280. The molecule has 1 aliphatic heterocycles. The highest BCUT2D eigenvalue weighted by Gasteiger charge is 2.43. The third-order valence-corrected chi connectivity index (χ3v) is 6.73. The summed E-state index contributed by atoms with van der Waals surface area (Å²) in [6, 6.07) is 18.0. The van der Waals surface area contributed by atoms with Crippen LogP contribution in [0.2, 0.25) is 0 Å². The van der Waals surface area contributed by atoms with E-state index >= 15 is 0 Å². The first-order valence-corrected chi connectivity index (χ1v) is 12.3. The molecule has 1 aliphatic rings. The van der Waals surface area contributed by atoms with Crippen molar-refractivity contribution >= 4 is 17.7 Å². The zero-order chi connectivity index (χ0) is 27.4. The second kappa shape index (κ2) is 11.6. The van der Waals surface area contributed by atoms with Crippen molar-refractivity contribution in [3.63, 3.8) is 0 Å². The Labute approximate surface area is 219 Å². The number of halogens is 2. The number of hydrogen-bond acceptors (Lipinski definition) is 5. The minimum absolute atomic E-state index is 0.0631. The average Bonchev–Trinajstić information content (AvgIpc) is 3.07. The smallest absolute Gasteiger partial charge is 0.263 e. The number of imide groups is 1. The number of amides is 3. The summed E-state index contributed by atoms with van der Waals surface area (Å²) in [7, 11) is 0. The number of rotatable bonds is 6. The lowest BCUT2D eigenvalue weighted by atomic mass is 9.86. The summed E-state index contributed by atoms with van der Waals surface area (Å²) >= 11 is 0. The molecule has 3 amide bonds. The van der Waals surface area contributed by atoms with E-state index < -0.39 is 53.6 Å². The molecule has 5 atom stereocenters. The van der Waals surface area contributed by atoms with Crippen molar-refractivity contribution in [1.29, 1.82) is 0 Å². The molecule has 1 saturated heterocycles. The zero-order valence-electron chi connectivity index (χ0n) is 20.8. The maximum Gasteiger partial charge on any atom is 0.263 e. The number of nitrogens with two attached hydrogens (primary N) is 1. The van der Waals surface area contributed by atoms with Gasteiger partial charge in [0.2, 0.25) is 11.8 Å². The lowest BCUT2D eigenvalue weighted by Gasteiger charge is -2.32. The molecule has 0 radical (unpaired) electrons. The first-order valence-electron chi connectivity index (χ1n) is 12.3. The van der Waals surface area contributed by atoms with Crippen LogP contribution in [0.3, 0.4) is 0 Å². The van der Waals surface area contributed by atoms with Crippen molar-refractivity contribution in [3.8, 4) is 0 Å². The van der Waals surface area contributed by atoms with Crippen molar-refractivity contribution in [2.75, 3.05) is 0 Å². The van der Waals surface area contributed by atoms with Crippen molar-refractivity contribution in [1.82, 2.24) is 10.2 Å². The van der Waals surface area contributed by atoms with E-state index in [4.69, 9.17) is 5.73 Å². The van der Waals surface area contributed by atoms with Gasteiger partial charge in [-0.1, -0.05) is 60.7 Å². The second-order valence-electron chi connectivity index (χ2n) is 9.51. The molecule has 1 fully saturated rings. The quantitative estimate of drug-likeness (QED) is 0.460. The normalized spacial score (nSPS) is 21.1. The Hall–Kier alpha value is -3.95. The van der Waals surface area contributed by atoms with Crippen LogP contribution in [0.4, 0.5) is 8.78 Å². The summed E-state index contributed by atoms with van der Waals surface area (Å²) < 4.78 is 27.7. The Morgan fingerprint density at radius 3 is 2.03 bits per heavy atom. The Kier molecular flexibility index (Phi) is 8.29. The van der Waals surface area contributed by atoms with E-state index in [1.807, 2.05) is 60.7 Å². The molecule has 4 N–H and O–H groups in total. The number of carbonyl (C=O) groups is 3. The predicted molar refractivity (Wildman–Crippen MR) is 136 cm³/mol. The highest BCUT2D eigenvalue weighted by atomic mass is 19.1. The van der Waals surface area contributed by atoms with E-state index in [1.165, 1.54) is 6.92 Å². The molecule has 0 saturated carbocycles. The highest BCUT2D eigenvalue weighted by Crippen LogP contribution is 2.36. The Morgan fingerprint density at radius 1 is 0.921 bits per heavy atom. The molecule has 0 aliphatic carbocycles. The van der Waals surface area contributed by atoms with Crippen LogP contribution in [-0.2, 0) is 14.4 Å². The molecular formula is C29H29F2N3O4. The molecule has 7 nitrogen and oxygen atoms in total. The minimum Gasteiger partial charge on any atom is -0.378 e. The van der Waals surface area contributed by atoms with Crippen LogP contribution in [0.25, 0.3) is 0 Å². The average molecular weight is 522 g/mol. The van der Waals surface area contributed by atoms with Gasteiger partial charge in [-0.25, -0.2) is 8.78 Å². The summed E-state index contributed by atoms with van der Waals surface area (Å²) in [5, 5.41) is 13.7. The van der Waals surface area contributed by atoms with Crippen LogP contribution in [-0.4, -0.2) is 39.8 Å². The lowest BCUT2D eigenvalue weighted by molar-refractivity contribution is -0.158. The fourth-order valence-corrected chi connectivity index (χ4v) is 4.85.